The molecule has 1 aliphatic rings. The van der Waals surface area contributed by atoms with E-state index in [4.69, 9.17) is 9.47 Å². The minimum atomic E-state index is -0.700. The van der Waals surface area contributed by atoms with Gasteiger partial charge >= 0.3 is 0 Å². The van der Waals surface area contributed by atoms with Crippen LogP contribution in [0.2, 0.25) is 0 Å². The fourth-order valence-corrected chi connectivity index (χ4v) is 1.17. The van der Waals surface area contributed by atoms with Crippen molar-refractivity contribution in [2.75, 3.05) is 19.8 Å². The lowest BCUT2D eigenvalue weighted by atomic mass is 10.3. The molecular weight excluding hydrogens is 182 g/mol. The van der Waals surface area contributed by atoms with E-state index in [1.54, 1.807) is 0 Å². The quantitative estimate of drug-likeness (QED) is 0.539. The first-order valence-corrected chi connectivity index (χ1v) is 4.96. The molecule has 4 nitrogen and oxygen atoms in total. The van der Waals surface area contributed by atoms with Crippen molar-refractivity contribution in [2.45, 2.75) is 26.1 Å². The first-order chi connectivity index (χ1) is 6.84. The largest absolute Gasteiger partial charge is 0.351 e. The highest BCUT2D eigenvalue weighted by molar-refractivity contribution is 5.79. The normalized spacial score (nSPS) is 18.6. The van der Waals surface area contributed by atoms with E-state index in [0.717, 1.165) is 12.8 Å². The number of ether oxygens (including phenoxy) is 2. The summed E-state index contributed by atoms with van der Waals surface area (Å²) in [4.78, 5) is 11.4. The van der Waals surface area contributed by atoms with Crippen LogP contribution in [0.4, 0.5) is 0 Å². The molecular formula is C10H17NO3. The number of hydrogen-bond acceptors (Lipinski definition) is 3. The van der Waals surface area contributed by atoms with Crippen molar-refractivity contribution in [3.63, 3.8) is 0 Å². The molecule has 4 heteroatoms. The number of carbonyl (C=O) groups excluding carboxylic acids is 1. The lowest BCUT2D eigenvalue weighted by Crippen LogP contribution is -2.41. The molecule has 0 spiro atoms. The highest BCUT2D eigenvalue weighted by Gasteiger charge is 2.21. The summed E-state index contributed by atoms with van der Waals surface area (Å²) in [5.74, 6) is -0.172. The second kappa shape index (κ2) is 6.56. The fourth-order valence-electron chi connectivity index (χ4n) is 1.17. The Bertz CT molecular complexity index is 198. The Morgan fingerprint density at radius 2 is 2.21 bits per heavy atom. The molecule has 0 aliphatic carbocycles. The average molecular weight is 199 g/mol. The average Bonchev–Trinajstić information content (AvgIpc) is 2.25. The molecule has 0 aromatic carbocycles. The first-order valence-electron chi connectivity index (χ1n) is 4.96. The van der Waals surface area contributed by atoms with Crippen LogP contribution in [0.1, 0.15) is 19.8 Å². The van der Waals surface area contributed by atoms with E-state index in [1.807, 2.05) is 19.1 Å². The highest BCUT2D eigenvalue weighted by atomic mass is 16.7. The Morgan fingerprint density at radius 3 is 2.86 bits per heavy atom. The number of allylic oxidation sites excluding steroid dienone is 1. The van der Waals surface area contributed by atoms with E-state index >= 15 is 0 Å². The molecule has 0 bridgehead atoms. The van der Waals surface area contributed by atoms with Crippen LogP contribution < -0.4 is 5.32 Å². The topological polar surface area (TPSA) is 47.6 Å². The maximum absolute atomic E-state index is 11.4. The van der Waals surface area contributed by atoms with E-state index < -0.39 is 6.29 Å². The predicted molar refractivity (Wildman–Crippen MR) is 52.7 cm³/mol. The van der Waals surface area contributed by atoms with Gasteiger partial charge in [0.25, 0.3) is 5.91 Å². The van der Waals surface area contributed by atoms with Crippen LogP contribution in [0.25, 0.3) is 0 Å². The highest BCUT2D eigenvalue weighted by Crippen LogP contribution is 2.04. The molecule has 0 aromatic heterocycles. The van der Waals surface area contributed by atoms with Gasteiger partial charge in [-0.25, -0.2) is 0 Å². The van der Waals surface area contributed by atoms with Crippen molar-refractivity contribution < 1.29 is 14.3 Å². The van der Waals surface area contributed by atoms with Crippen LogP contribution in [0.15, 0.2) is 12.2 Å². The zero-order chi connectivity index (χ0) is 10.2. The van der Waals surface area contributed by atoms with E-state index in [0.29, 0.717) is 19.8 Å². The van der Waals surface area contributed by atoms with Crippen molar-refractivity contribution in [3.8, 4) is 0 Å². The summed E-state index contributed by atoms with van der Waals surface area (Å²) in [6.45, 7) is 3.79. The van der Waals surface area contributed by atoms with Gasteiger partial charge in [0.05, 0.1) is 13.2 Å². The van der Waals surface area contributed by atoms with Crippen LogP contribution in [-0.4, -0.2) is 32.0 Å². The third kappa shape index (κ3) is 3.89. The smallest absolute Gasteiger partial charge is 0.277 e. The van der Waals surface area contributed by atoms with Crippen molar-refractivity contribution in [2.24, 2.45) is 0 Å². The molecule has 1 fully saturated rings. The molecule has 1 heterocycles. The van der Waals surface area contributed by atoms with E-state index in [9.17, 15) is 4.79 Å². The second-order valence-electron chi connectivity index (χ2n) is 3.08. The van der Waals surface area contributed by atoms with Crippen molar-refractivity contribution >= 4 is 5.91 Å². The number of rotatable bonds is 4. The van der Waals surface area contributed by atoms with Crippen LogP contribution in [0.3, 0.4) is 0 Å². The van der Waals surface area contributed by atoms with Crippen molar-refractivity contribution in [1.82, 2.24) is 5.32 Å². The summed E-state index contributed by atoms with van der Waals surface area (Å²) in [6, 6.07) is 0. The Labute approximate surface area is 84.3 Å². The summed E-state index contributed by atoms with van der Waals surface area (Å²) in [6.07, 6.45) is 4.97. The fraction of sp³-hybridized carbons (Fsp3) is 0.700. The molecule has 0 aromatic rings. The van der Waals surface area contributed by atoms with Crippen LogP contribution in [-0.2, 0) is 14.3 Å². The number of carbonyl (C=O) groups is 1. The van der Waals surface area contributed by atoms with E-state index in [2.05, 4.69) is 5.32 Å². The second-order valence-corrected chi connectivity index (χ2v) is 3.08. The van der Waals surface area contributed by atoms with Gasteiger partial charge in [0.2, 0.25) is 6.29 Å². The van der Waals surface area contributed by atoms with Gasteiger partial charge in [-0.05, 0) is 19.8 Å². The molecule has 1 amide bonds. The standard InChI is InChI=1S/C10H17NO3/c1-2-3-4-6-11-9(12)10-13-7-5-8-14-10/h2-3,10H,4-8H2,1H3,(H,11,12)/b3-2+. The Morgan fingerprint density at radius 1 is 1.50 bits per heavy atom. The third-order valence-electron chi connectivity index (χ3n) is 1.89. The minimum absolute atomic E-state index is 0.172. The molecule has 0 saturated carbocycles. The van der Waals surface area contributed by atoms with Crippen LogP contribution >= 0.6 is 0 Å². The van der Waals surface area contributed by atoms with E-state index in [1.165, 1.54) is 0 Å². The number of nitrogens with one attached hydrogen (secondary N) is 1. The third-order valence-corrected chi connectivity index (χ3v) is 1.89. The molecule has 1 rings (SSSR count). The lowest BCUT2D eigenvalue weighted by Gasteiger charge is -2.21. The summed E-state index contributed by atoms with van der Waals surface area (Å²) in [5.41, 5.74) is 0. The first kappa shape index (κ1) is 11.2. The zero-order valence-corrected chi connectivity index (χ0v) is 8.49. The van der Waals surface area contributed by atoms with Gasteiger partial charge in [0, 0.05) is 6.54 Å². The maximum atomic E-state index is 11.4. The van der Waals surface area contributed by atoms with Gasteiger partial charge in [0.1, 0.15) is 0 Å². The molecule has 0 radical (unpaired) electrons. The van der Waals surface area contributed by atoms with E-state index in [-0.39, 0.29) is 5.91 Å². The Kier molecular flexibility index (Phi) is 5.25. The van der Waals surface area contributed by atoms with Gasteiger partial charge in [-0.3, -0.25) is 4.79 Å². The summed E-state index contributed by atoms with van der Waals surface area (Å²) >= 11 is 0. The summed E-state index contributed by atoms with van der Waals surface area (Å²) in [5, 5.41) is 2.75. The Balaban J connectivity index is 2.13. The molecule has 14 heavy (non-hydrogen) atoms. The summed E-state index contributed by atoms with van der Waals surface area (Å²) < 4.78 is 10.3. The minimum Gasteiger partial charge on any atom is -0.351 e. The lowest BCUT2D eigenvalue weighted by molar-refractivity contribution is -0.190. The van der Waals surface area contributed by atoms with Gasteiger partial charge in [-0.1, -0.05) is 12.2 Å². The monoisotopic (exact) mass is 199 g/mol. The molecule has 0 unspecified atom stereocenters. The number of hydrogen-bond donors (Lipinski definition) is 1. The van der Waals surface area contributed by atoms with Gasteiger partial charge in [-0.2, -0.15) is 0 Å². The molecule has 1 saturated heterocycles. The van der Waals surface area contributed by atoms with Crippen molar-refractivity contribution in [1.29, 1.82) is 0 Å². The number of amides is 1. The van der Waals surface area contributed by atoms with Crippen LogP contribution in [0, 0.1) is 0 Å². The Hall–Kier alpha value is -0.870. The molecule has 1 aliphatic heterocycles. The molecule has 1 N–H and O–H groups in total. The SMILES string of the molecule is C/C=C/CCNC(=O)C1OCCCO1. The van der Waals surface area contributed by atoms with Crippen molar-refractivity contribution in [3.05, 3.63) is 12.2 Å². The maximum Gasteiger partial charge on any atom is 0.277 e. The van der Waals surface area contributed by atoms with Gasteiger partial charge in [0.15, 0.2) is 0 Å². The predicted octanol–water partition coefficient (Wildman–Crippen LogP) is 0.832. The summed E-state index contributed by atoms with van der Waals surface area (Å²) in [7, 11) is 0. The molecule has 80 valence electrons. The van der Waals surface area contributed by atoms with Gasteiger partial charge < -0.3 is 14.8 Å². The zero-order valence-electron chi connectivity index (χ0n) is 8.49. The van der Waals surface area contributed by atoms with Gasteiger partial charge in [-0.15, -0.1) is 0 Å². The molecule has 0 atom stereocenters. The van der Waals surface area contributed by atoms with Crippen LogP contribution in [0.5, 0.6) is 0 Å².